The number of hydrogen-bond donors (Lipinski definition) is 2. The number of hydrogen-bond acceptors (Lipinski definition) is 2. The van der Waals surface area contributed by atoms with Crippen LogP contribution >= 0.6 is 12.2 Å². The quantitative estimate of drug-likeness (QED) is 0.847. The molecule has 1 aromatic carbocycles. The van der Waals surface area contributed by atoms with E-state index in [0.29, 0.717) is 16.4 Å². The lowest BCUT2D eigenvalue weighted by Gasteiger charge is -2.17. The third-order valence-electron chi connectivity index (χ3n) is 2.98. The van der Waals surface area contributed by atoms with E-state index in [4.69, 9.17) is 12.2 Å². The van der Waals surface area contributed by atoms with Crippen LogP contribution in [-0.2, 0) is 0 Å². The molecule has 0 amide bonds. The molecule has 2 aromatic rings. The maximum absolute atomic E-state index is 13.4. The zero-order valence-corrected chi connectivity index (χ0v) is 12.2. The molecule has 1 aromatic heterocycles. The van der Waals surface area contributed by atoms with Gasteiger partial charge in [-0.3, -0.25) is 4.98 Å². The van der Waals surface area contributed by atoms with Gasteiger partial charge in [0, 0.05) is 18.1 Å². The normalized spacial score (nSPS) is 11.8. The van der Waals surface area contributed by atoms with Gasteiger partial charge in [0.25, 0.3) is 0 Å². The minimum Gasteiger partial charge on any atom is -0.356 e. The summed E-state index contributed by atoms with van der Waals surface area (Å²) in [4.78, 5) is 3.97. The second-order valence-corrected chi connectivity index (χ2v) is 4.97. The monoisotopic (exact) mass is 289 g/mol. The Kier molecular flexibility index (Phi) is 4.63. The first kappa shape index (κ1) is 14.4. The van der Waals surface area contributed by atoms with Crippen molar-refractivity contribution in [1.29, 1.82) is 0 Å². The third-order valence-corrected chi connectivity index (χ3v) is 3.20. The second kappa shape index (κ2) is 6.43. The Morgan fingerprint density at radius 2 is 1.95 bits per heavy atom. The molecule has 0 aliphatic rings. The number of pyridine rings is 1. The van der Waals surface area contributed by atoms with E-state index in [1.54, 1.807) is 31.5 Å². The summed E-state index contributed by atoms with van der Waals surface area (Å²) in [5, 5.41) is 6.58. The molecule has 2 rings (SSSR count). The van der Waals surface area contributed by atoms with Crippen molar-refractivity contribution in [1.82, 2.24) is 10.3 Å². The van der Waals surface area contributed by atoms with E-state index in [1.165, 1.54) is 6.07 Å². The molecule has 0 fully saturated rings. The lowest BCUT2D eigenvalue weighted by molar-refractivity contribution is 0.619. The van der Waals surface area contributed by atoms with Crippen molar-refractivity contribution in [3.8, 4) is 0 Å². The highest BCUT2D eigenvalue weighted by atomic mass is 32.1. The average Bonchev–Trinajstić information content (AvgIpc) is 2.44. The predicted molar refractivity (Wildman–Crippen MR) is 83.1 cm³/mol. The van der Waals surface area contributed by atoms with Gasteiger partial charge in [0.05, 0.1) is 6.04 Å². The Labute approximate surface area is 123 Å². The summed E-state index contributed by atoms with van der Waals surface area (Å²) >= 11 is 5.23. The van der Waals surface area contributed by atoms with Crippen LogP contribution in [0.1, 0.15) is 24.1 Å². The van der Waals surface area contributed by atoms with Crippen LogP contribution in [0.2, 0.25) is 0 Å². The van der Waals surface area contributed by atoms with E-state index in [9.17, 15) is 4.39 Å². The number of halogens is 1. The topological polar surface area (TPSA) is 37.0 Å². The van der Waals surface area contributed by atoms with Crippen LogP contribution in [0.5, 0.6) is 0 Å². The van der Waals surface area contributed by atoms with Gasteiger partial charge in [0.1, 0.15) is 5.82 Å². The van der Waals surface area contributed by atoms with Crippen LogP contribution in [0.15, 0.2) is 42.7 Å². The van der Waals surface area contributed by atoms with Crippen LogP contribution in [0.25, 0.3) is 0 Å². The molecule has 0 spiro atoms. The van der Waals surface area contributed by atoms with Gasteiger partial charge in [-0.1, -0.05) is 6.07 Å². The first-order chi connectivity index (χ1) is 9.56. The Morgan fingerprint density at radius 3 is 2.60 bits per heavy atom. The van der Waals surface area contributed by atoms with E-state index < -0.39 is 0 Å². The largest absolute Gasteiger partial charge is 0.356 e. The van der Waals surface area contributed by atoms with E-state index in [2.05, 4.69) is 15.6 Å². The fraction of sp³-hybridized carbons (Fsp3) is 0.200. The smallest absolute Gasteiger partial charge is 0.171 e. The van der Waals surface area contributed by atoms with Crippen molar-refractivity contribution in [2.45, 2.75) is 19.9 Å². The van der Waals surface area contributed by atoms with E-state index in [-0.39, 0.29) is 11.9 Å². The van der Waals surface area contributed by atoms with Crippen LogP contribution in [-0.4, -0.2) is 10.1 Å². The molecular weight excluding hydrogens is 273 g/mol. The first-order valence-corrected chi connectivity index (χ1v) is 6.70. The van der Waals surface area contributed by atoms with E-state index in [1.807, 2.05) is 19.1 Å². The Bertz CT molecular complexity index is 601. The standard InChI is InChI=1S/C15H16FN3S/c1-10-3-4-13(9-14(10)16)19-15(20)18-11(2)12-5-7-17-8-6-12/h3-9,11H,1-2H3,(H2,18,19,20)/t11-/m0/s1. The SMILES string of the molecule is Cc1ccc(NC(=S)N[C@@H](C)c2ccncc2)cc1F. The molecule has 1 heterocycles. The number of aryl methyl sites for hydroxylation is 1. The summed E-state index contributed by atoms with van der Waals surface area (Å²) in [5.41, 5.74) is 2.33. The number of aromatic nitrogens is 1. The van der Waals surface area contributed by atoms with Crippen molar-refractivity contribution in [3.05, 3.63) is 59.7 Å². The molecule has 0 saturated heterocycles. The second-order valence-electron chi connectivity index (χ2n) is 4.56. The number of nitrogens with zero attached hydrogens (tertiary/aromatic N) is 1. The summed E-state index contributed by atoms with van der Waals surface area (Å²) < 4.78 is 13.4. The molecule has 104 valence electrons. The minimum atomic E-state index is -0.250. The maximum atomic E-state index is 13.4. The summed E-state index contributed by atoms with van der Waals surface area (Å²) in [6.07, 6.45) is 3.47. The van der Waals surface area contributed by atoms with E-state index >= 15 is 0 Å². The zero-order chi connectivity index (χ0) is 14.5. The van der Waals surface area contributed by atoms with Gasteiger partial charge < -0.3 is 10.6 Å². The van der Waals surface area contributed by atoms with E-state index in [0.717, 1.165) is 5.56 Å². The molecule has 5 heteroatoms. The molecule has 2 N–H and O–H groups in total. The van der Waals surface area contributed by atoms with Gasteiger partial charge in [-0.25, -0.2) is 4.39 Å². The maximum Gasteiger partial charge on any atom is 0.171 e. The molecule has 1 atom stereocenters. The van der Waals surface area contributed by atoms with Gasteiger partial charge in [0.15, 0.2) is 5.11 Å². The highest BCUT2D eigenvalue weighted by molar-refractivity contribution is 7.80. The van der Waals surface area contributed by atoms with Gasteiger partial charge >= 0.3 is 0 Å². The Hall–Kier alpha value is -2.01. The summed E-state index contributed by atoms with van der Waals surface area (Å²) in [6.45, 7) is 3.72. The predicted octanol–water partition coefficient (Wildman–Crippen LogP) is 3.58. The van der Waals surface area contributed by atoms with Crippen molar-refractivity contribution in [2.75, 3.05) is 5.32 Å². The summed E-state index contributed by atoms with van der Waals surface area (Å²) in [5.74, 6) is -0.250. The molecule has 0 unspecified atom stereocenters. The zero-order valence-electron chi connectivity index (χ0n) is 11.4. The molecule has 0 saturated carbocycles. The lowest BCUT2D eigenvalue weighted by Crippen LogP contribution is -2.30. The fourth-order valence-corrected chi connectivity index (χ4v) is 2.06. The Morgan fingerprint density at radius 1 is 1.25 bits per heavy atom. The van der Waals surface area contributed by atoms with Crippen LogP contribution in [0.4, 0.5) is 10.1 Å². The third kappa shape index (κ3) is 3.74. The fourth-order valence-electron chi connectivity index (χ4n) is 1.77. The molecule has 0 radical (unpaired) electrons. The number of nitrogens with one attached hydrogen (secondary N) is 2. The number of benzene rings is 1. The number of thiocarbonyl (C=S) groups is 1. The van der Waals surface area contributed by atoms with Gasteiger partial charge in [0.2, 0.25) is 0 Å². The lowest BCUT2D eigenvalue weighted by atomic mass is 10.1. The molecular formula is C15H16FN3S. The molecule has 3 nitrogen and oxygen atoms in total. The number of anilines is 1. The van der Waals surface area contributed by atoms with Crippen molar-refractivity contribution < 1.29 is 4.39 Å². The van der Waals surface area contributed by atoms with Gasteiger partial charge in [-0.05, 0) is 61.5 Å². The highest BCUT2D eigenvalue weighted by Crippen LogP contribution is 2.14. The summed E-state index contributed by atoms with van der Waals surface area (Å²) in [6, 6.07) is 8.84. The minimum absolute atomic E-state index is 0.0493. The average molecular weight is 289 g/mol. The van der Waals surface area contributed by atoms with Gasteiger partial charge in [-0.15, -0.1) is 0 Å². The Balaban J connectivity index is 1.97. The van der Waals surface area contributed by atoms with Gasteiger partial charge in [-0.2, -0.15) is 0 Å². The van der Waals surface area contributed by atoms with Crippen LogP contribution in [0, 0.1) is 12.7 Å². The van der Waals surface area contributed by atoms with Crippen molar-refractivity contribution in [3.63, 3.8) is 0 Å². The number of rotatable bonds is 3. The molecule has 0 aliphatic carbocycles. The highest BCUT2D eigenvalue weighted by Gasteiger charge is 2.07. The van der Waals surface area contributed by atoms with Crippen LogP contribution < -0.4 is 10.6 Å². The van der Waals surface area contributed by atoms with Crippen molar-refractivity contribution in [2.24, 2.45) is 0 Å². The molecule has 20 heavy (non-hydrogen) atoms. The first-order valence-electron chi connectivity index (χ1n) is 6.30. The van der Waals surface area contributed by atoms with Crippen LogP contribution in [0.3, 0.4) is 0 Å². The molecule has 0 bridgehead atoms. The molecule has 0 aliphatic heterocycles. The summed E-state index contributed by atoms with van der Waals surface area (Å²) in [7, 11) is 0. The van der Waals surface area contributed by atoms with Crippen molar-refractivity contribution >= 4 is 23.0 Å².